The number of H-pyrrole nitrogens is 1. The zero-order valence-electron chi connectivity index (χ0n) is 12.2. The predicted octanol–water partition coefficient (Wildman–Crippen LogP) is 2.18. The molecule has 3 aromatic rings. The Hall–Kier alpha value is -2.47. The average molecular weight is 294 g/mol. The highest BCUT2D eigenvalue weighted by Gasteiger charge is 2.14. The third-order valence-electron chi connectivity index (χ3n) is 4.02. The molecule has 4 heterocycles. The van der Waals surface area contributed by atoms with Gasteiger partial charge >= 0.3 is 0 Å². The number of aromatic amines is 1. The summed E-state index contributed by atoms with van der Waals surface area (Å²) in [5.41, 5.74) is 2.47. The Balaban J connectivity index is 1.58. The molecule has 6 nitrogen and oxygen atoms in total. The van der Waals surface area contributed by atoms with Crippen LogP contribution in [0.4, 0.5) is 5.82 Å². The molecule has 0 aromatic carbocycles. The summed E-state index contributed by atoms with van der Waals surface area (Å²) in [5, 5.41) is 15.2. The van der Waals surface area contributed by atoms with Gasteiger partial charge in [0, 0.05) is 24.2 Å². The van der Waals surface area contributed by atoms with Crippen LogP contribution in [0, 0.1) is 0 Å². The lowest BCUT2D eigenvalue weighted by atomic mass is 10.2. The second kappa shape index (κ2) is 5.73. The smallest absolute Gasteiger partial charge is 0.155 e. The van der Waals surface area contributed by atoms with Crippen molar-refractivity contribution in [2.24, 2.45) is 0 Å². The van der Waals surface area contributed by atoms with Crippen molar-refractivity contribution in [1.29, 1.82) is 0 Å². The molecule has 0 aliphatic carbocycles. The molecule has 22 heavy (non-hydrogen) atoms. The Morgan fingerprint density at radius 1 is 1.23 bits per heavy atom. The van der Waals surface area contributed by atoms with Crippen molar-refractivity contribution in [2.75, 3.05) is 18.4 Å². The summed E-state index contributed by atoms with van der Waals surface area (Å²) in [4.78, 5) is 8.95. The minimum atomic E-state index is 0.542. The summed E-state index contributed by atoms with van der Waals surface area (Å²) in [6, 6.07) is 10.4. The molecule has 0 spiro atoms. The van der Waals surface area contributed by atoms with Gasteiger partial charge in [-0.05, 0) is 43.7 Å². The highest BCUT2D eigenvalue weighted by Crippen LogP contribution is 2.24. The van der Waals surface area contributed by atoms with Gasteiger partial charge in [-0.3, -0.25) is 5.10 Å². The highest BCUT2D eigenvalue weighted by atomic mass is 15.2. The average Bonchev–Trinajstić information content (AvgIpc) is 3.23. The minimum absolute atomic E-state index is 0.542. The van der Waals surface area contributed by atoms with Gasteiger partial charge in [-0.1, -0.05) is 6.07 Å². The summed E-state index contributed by atoms with van der Waals surface area (Å²) in [5.74, 6) is 0.881. The van der Waals surface area contributed by atoms with Gasteiger partial charge in [-0.2, -0.15) is 5.10 Å². The van der Waals surface area contributed by atoms with Gasteiger partial charge in [-0.25, -0.2) is 9.97 Å². The van der Waals surface area contributed by atoms with E-state index in [1.54, 1.807) is 6.20 Å². The second-order valence-corrected chi connectivity index (χ2v) is 5.55. The van der Waals surface area contributed by atoms with Gasteiger partial charge in [-0.15, -0.1) is 0 Å². The van der Waals surface area contributed by atoms with Crippen LogP contribution in [-0.2, 0) is 0 Å². The Labute approximate surface area is 128 Å². The minimum Gasteiger partial charge on any atom is -0.368 e. The molecule has 112 valence electrons. The van der Waals surface area contributed by atoms with E-state index in [0.717, 1.165) is 41.3 Å². The number of hydrogen-bond acceptors (Lipinski definition) is 5. The molecule has 6 heteroatoms. The van der Waals surface area contributed by atoms with Gasteiger partial charge in [0.25, 0.3) is 0 Å². The van der Waals surface area contributed by atoms with Crippen molar-refractivity contribution >= 4 is 16.9 Å². The molecular weight excluding hydrogens is 276 g/mol. The lowest BCUT2D eigenvalue weighted by Crippen LogP contribution is -2.29. The fourth-order valence-electron chi connectivity index (χ4n) is 2.87. The highest BCUT2D eigenvalue weighted by molar-refractivity contribution is 5.89. The first-order valence-electron chi connectivity index (χ1n) is 7.64. The number of nitrogens with zero attached hydrogens (tertiary/aromatic N) is 3. The van der Waals surface area contributed by atoms with Crippen LogP contribution in [0.5, 0.6) is 0 Å². The molecule has 0 amide bonds. The molecule has 1 atom stereocenters. The van der Waals surface area contributed by atoms with Gasteiger partial charge in [0.1, 0.15) is 11.5 Å². The van der Waals surface area contributed by atoms with E-state index in [1.807, 2.05) is 30.3 Å². The summed E-state index contributed by atoms with van der Waals surface area (Å²) in [6.07, 6.45) is 4.23. The van der Waals surface area contributed by atoms with Crippen LogP contribution in [0.2, 0.25) is 0 Å². The molecule has 3 N–H and O–H groups in total. The SMILES string of the molecule is c1cc(NCC2CCCN2)nc(-c2n[nH]c3ncccc23)c1. The largest absolute Gasteiger partial charge is 0.368 e. The first-order chi connectivity index (χ1) is 10.9. The molecule has 3 aromatic heterocycles. The Morgan fingerprint density at radius 2 is 2.23 bits per heavy atom. The molecule has 1 unspecified atom stereocenters. The van der Waals surface area contributed by atoms with Crippen LogP contribution in [0.1, 0.15) is 12.8 Å². The molecule has 1 fully saturated rings. The topological polar surface area (TPSA) is 78.5 Å². The number of fused-ring (bicyclic) bond motifs is 1. The number of hydrogen-bond donors (Lipinski definition) is 3. The first-order valence-corrected chi connectivity index (χ1v) is 7.64. The van der Waals surface area contributed by atoms with E-state index in [4.69, 9.17) is 0 Å². The van der Waals surface area contributed by atoms with Crippen LogP contribution in [0.25, 0.3) is 22.4 Å². The standard InChI is InChI=1S/C16H18N6/c1-6-13(15-12-5-3-9-18-16(12)22-21-15)20-14(7-1)19-10-11-4-2-8-17-11/h1,3,5-7,9,11,17H,2,4,8,10H2,(H,19,20)(H,18,21,22). The van der Waals surface area contributed by atoms with Gasteiger partial charge in [0.15, 0.2) is 5.65 Å². The van der Waals surface area contributed by atoms with Crippen molar-refractivity contribution in [1.82, 2.24) is 25.5 Å². The van der Waals surface area contributed by atoms with Crippen LogP contribution in [0.15, 0.2) is 36.5 Å². The second-order valence-electron chi connectivity index (χ2n) is 5.55. The van der Waals surface area contributed by atoms with Crippen molar-refractivity contribution in [3.63, 3.8) is 0 Å². The normalized spacial score (nSPS) is 17.9. The molecule has 1 saturated heterocycles. The van der Waals surface area contributed by atoms with Crippen molar-refractivity contribution in [3.8, 4) is 11.4 Å². The zero-order valence-corrected chi connectivity index (χ0v) is 12.2. The predicted molar refractivity (Wildman–Crippen MR) is 86.6 cm³/mol. The van der Waals surface area contributed by atoms with E-state index in [2.05, 4.69) is 30.8 Å². The number of rotatable bonds is 4. The lowest BCUT2D eigenvalue weighted by molar-refractivity contribution is 0.632. The van der Waals surface area contributed by atoms with E-state index >= 15 is 0 Å². The lowest BCUT2D eigenvalue weighted by Gasteiger charge is -2.12. The van der Waals surface area contributed by atoms with E-state index in [0.29, 0.717) is 6.04 Å². The maximum Gasteiger partial charge on any atom is 0.155 e. The summed E-state index contributed by atoms with van der Waals surface area (Å²) < 4.78 is 0. The van der Waals surface area contributed by atoms with Crippen LogP contribution in [0.3, 0.4) is 0 Å². The molecule has 0 radical (unpaired) electrons. The fourth-order valence-corrected chi connectivity index (χ4v) is 2.87. The van der Waals surface area contributed by atoms with Crippen LogP contribution < -0.4 is 10.6 Å². The quantitative estimate of drug-likeness (QED) is 0.687. The molecular formula is C16H18N6. The van der Waals surface area contributed by atoms with E-state index < -0.39 is 0 Å². The van der Waals surface area contributed by atoms with Crippen molar-refractivity contribution in [3.05, 3.63) is 36.5 Å². The molecule has 1 aliphatic rings. The zero-order chi connectivity index (χ0) is 14.8. The Kier molecular flexibility index (Phi) is 3.44. The van der Waals surface area contributed by atoms with Crippen LogP contribution >= 0.6 is 0 Å². The molecule has 1 aliphatic heterocycles. The number of anilines is 1. The summed E-state index contributed by atoms with van der Waals surface area (Å²) >= 11 is 0. The molecule has 0 saturated carbocycles. The van der Waals surface area contributed by atoms with Gasteiger partial charge in [0.2, 0.25) is 0 Å². The third-order valence-corrected chi connectivity index (χ3v) is 4.02. The summed E-state index contributed by atoms with van der Waals surface area (Å²) in [6.45, 7) is 2.02. The maximum atomic E-state index is 4.68. The number of nitrogens with one attached hydrogen (secondary N) is 3. The number of pyridine rings is 2. The van der Waals surface area contributed by atoms with E-state index in [1.165, 1.54) is 12.8 Å². The first kappa shape index (κ1) is 13.2. The molecule has 4 rings (SSSR count). The van der Waals surface area contributed by atoms with E-state index in [9.17, 15) is 0 Å². The van der Waals surface area contributed by atoms with E-state index in [-0.39, 0.29) is 0 Å². The third kappa shape index (κ3) is 2.53. The van der Waals surface area contributed by atoms with Crippen molar-refractivity contribution in [2.45, 2.75) is 18.9 Å². The van der Waals surface area contributed by atoms with Gasteiger partial charge < -0.3 is 10.6 Å². The fraction of sp³-hybridized carbons (Fsp3) is 0.312. The van der Waals surface area contributed by atoms with Crippen molar-refractivity contribution < 1.29 is 0 Å². The Morgan fingerprint density at radius 3 is 3.14 bits per heavy atom. The maximum absolute atomic E-state index is 4.68. The number of aromatic nitrogens is 4. The van der Waals surface area contributed by atoms with Gasteiger partial charge in [0.05, 0.1) is 5.69 Å². The Bertz CT molecular complexity index is 775. The van der Waals surface area contributed by atoms with Crippen LogP contribution in [-0.4, -0.2) is 39.3 Å². The molecule has 0 bridgehead atoms. The summed E-state index contributed by atoms with van der Waals surface area (Å²) in [7, 11) is 0. The monoisotopic (exact) mass is 294 g/mol.